The summed E-state index contributed by atoms with van der Waals surface area (Å²) in [5, 5.41) is 0. The minimum Gasteiger partial charge on any atom is -0.463 e. The van der Waals surface area contributed by atoms with E-state index in [1.807, 2.05) is 0 Å². The maximum absolute atomic E-state index is 11.7. The normalized spacial score (nSPS) is 15.0. The van der Waals surface area contributed by atoms with E-state index in [1.54, 1.807) is 0 Å². The number of hydrogen-bond acceptors (Lipinski definition) is 13. The van der Waals surface area contributed by atoms with Crippen molar-refractivity contribution in [3.63, 3.8) is 0 Å². The quantitative estimate of drug-likeness (QED) is 0.0689. The van der Waals surface area contributed by atoms with E-state index in [2.05, 4.69) is 6.92 Å². The minimum atomic E-state index is -0.142. The van der Waals surface area contributed by atoms with Crippen molar-refractivity contribution in [2.75, 3.05) is 139 Å². The van der Waals surface area contributed by atoms with E-state index in [-0.39, 0.29) is 18.9 Å². The zero-order valence-electron chi connectivity index (χ0n) is 29.3. The van der Waals surface area contributed by atoms with Crippen molar-refractivity contribution in [2.45, 2.75) is 77.4 Å². The summed E-state index contributed by atoms with van der Waals surface area (Å²) in [7, 11) is 0. The maximum Gasteiger partial charge on any atom is 0.305 e. The van der Waals surface area contributed by atoms with Gasteiger partial charge in [-0.3, -0.25) is 4.79 Å². The van der Waals surface area contributed by atoms with Crippen LogP contribution in [0.1, 0.15) is 71.1 Å². The van der Waals surface area contributed by atoms with E-state index >= 15 is 0 Å². The third-order valence-electron chi connectivity index (χ3n) is 6.87. The van der Waals surface area contributed by atoms with Crippen LogP contribution in [0.4, 0.5) is 0 Å². The van der Waals surface area contributed by atoms with Gasteiger partial charge in [0.05, 0.1) is 126 Å². The average molecular weight is 683 g/mol. The Bertz CT molecular complexity index is 623. The predicted molar refractivity (Wildman–Crippen MR) is 176 cm³/mol. The Morgan fingerprint density at radius 2 is 0.872 bits per heavy atom. The van der Waals surface area contributed by atoms with Crippen LogP contribution >= 0.6 is 0 Å². The van der Waals surface area contributed by atoms with Gasteiger partial charge in [-0.2, -0.15) is 0 Å². The van der Waals surface area contributed by atoms with Crippen molar-refractivity contribution in [2.24, 2.45) is 0 Å². The zero-order valence-corrected chi connectivity index (χ0v) is 29.3. The fourth-order valence-electron chi connectivity index (χ4n) is 4.28. The highest BCUT2D eigenvalue weighted by Crippen LogP contribution is 2.13. The van der Waals surface area contributed by atoms with Crippen molar-refractivity contribution in [3.8, 4) is 0 Å². The number of hydrogen-bond donors (Lipinski definition) is 0. The molecule has 1 heterocycles. The lowest BCUT2D eigenvalue weighted by Gasteiger charge is -2.22. The summed E-state index contributed by atoms with van der Waals surface area (Å²) in [5.41, 5.74) is 0. The fourth-order valence-corrected chi connectivity index (χ4v) is 4.28. The minimum absolute atomic E-state index is 0.0673. The van der Waals surface area contributed by atoms with Crippen LogP contribution in [0.5, 0.6) is 0 Å². The molecule has 1 aliphatic heterocycles. The summed E-state index contributed by atoms with van der Waals surface area (Å²) >= 11 is 0. The van der Waals surface area contributed by atoms with Gasteiger partial charge in [-0.15, -0.1) is 0 Å². The van der Waals surface area contributed by atoms with Gasteiger partial charge >= 0.3 is 5.97 Å². The summed E-state index contributed by atoms with van der Waals surface area (Å²) in [5.74, 6) is -0.142. The van der Waals surface area contributed by atoms with Crippen molar-refractivity contribution in [3.05, 3.63) is 0 Å². The van der Waals surface area contributed by atoms with Crippen LogP contribution in [0, 0.1) is 0 Å². The largest absolute Gasteiger partial charge is 0.463 e. The van der Waals surface area contributed by atoms with Crippen molar-refractivity contribution in [1.29, 1.82) is 0 Å². The monoisotopic (exact) mass is 682 g/mol. The first-order chi connectivity index (χ1) is 23.3. The standard InChI is InChI=1S/C34H66O13/c1-2-3-4-5-6-7-10-33(35)45-31-29-43-27-25-41-23-21-39-19-17-37-15-13-36-14-16-38-18-20-40-22-24-42-26-28-44-30-32-47-34-11-8-9-12-46-34/h34H,2-32H2,1H3. The Kier molecular flexibility index (Phi) is 35.5. The fraction of sp³-hybridized carbons (Fsp3) is 0.971. The van der Waals surface area contributed by atoms with E-state index in [0.717, 1.165) is 38.7 Å². The first kappa shape index (κ1) is 44.1. The van der Waals surface area contributed by atoms with Crippen LogP contribution in [0.2, 0.25) is 0 Å². The molecule has 280 valence electrons. The first-order valence-electron chi connectivity index (χ1n) is 17.9. The molecular formula is C34H66O13. The summed E-state index contributed by atoms with van der Waals surface area (Å²) in [6.07, 6.45) is 10.6. The number of esters is 1. The molecule has 0 spiro atoms. The van der Waals surface area contributed by atoms with Crippen molar-refractivity contribution < 1.29 is 61.6 Å². The van der Waals surface area contributed by atoms with Crippen molar-refractivity contribution in [1.82, 2.24) is 0 Å². The molecule has 1 unspecified atom stereocenters. The molecule has 1 fully saturated rings. The van der Waals surface area contributed by atoms with Crippen molar-refractivity contribution >= 4 is 5.97 Å². The molecule has 1 atom stereocenters. The maximum atomic E-state index is 11.7. The smallest absolute Gasteiger partial charge is 0.305 e. The van der Waals surface area contributed by atoms with E-state index in [1.165, 1.54) is 25.7 Å². The number of unbranched alkanes of at least 4 members (excludes halogenated alkanes) is 5. The van der Waals surface area contributed by atoms with E-state index in [9.17, 15) is 4.79 Å². The van der Waals surface area contributed by atoms with Gasteiger partial charge in [-0.05, 0) is 25.7 Å². The zero-order chi connectivity index (χ0) is 33.6. The van der Waals surface area contributed by atoms with Gasteiger partial charge in [-0.1, -0.05) is 39.0 Å². The second-order valence-electron chi connectivity index (χ2n) is 10.9. The molecule has 0 aromatic heterocycles. The molecule has 0 amide bonds. The van der Waals surface area contributed by atoms with Gasteiger partial charge in [0.15, 0.2) is 6.29 Å². The number of carbonyl (C=O) groups excluding carboxylic acids is 1. The molecule has 0 bridgehead atoms. The number of carbonyl (C=O) groups is 1. The number of ether oxygens (including phenoxy) is 12. The third-order valence-corrected chi connectivity index (χ3v) is 6.87. The highest BCUT2D eigenvalue weighted by atomic mass is 16.7. The van der Waals surface area contributed by atoms with E-state index in [0.29, 0.717) is 132 Å². The molecule has 0 aliphatic carbocycles. The lowest BCUT2D eigenvalue weighted by atomic mass is 10.1. The second kappa shape index (κ2) is 37.8. The lowest BCUT2D eigenvalue weighted by Crippen LogP contribution is -2.24. The highest BCUT2D eigenvalue weighted by Gasteiger charge is 2.13. The molecular weight excluding hydrogens is 616 g/mol. The molecule has 13 nitrogen and oxygen atoms in total. The van der Waals surface area contributed by atoms with Crippen LogP contribution in [0.25, 0.3) is 0 Å². The van der Waals surface area contributed by atoms with Gasteiger partial charge in [0.25, 0.3) is 0 Å². The third kappa shape index (κ3) is 34.7. The summed E-state index contributed by atoms with van der Waals surface area (Å²) < 4.78 is 65.6. The van der Waals surface area contributed by atoms with Crippen LogP contribution < -0.4 is 0 Å². The Balaban J connectivity index is 1.62. The van der Waals surface area contributed by atoms with E-state index in [4.69, 9.17) is 56.8 Å². The Labute approximate surface area is 283 Å². The Morgan fingerprint density at radius 1 is 0.489 bits per heavy atom. The first-order valence-corrected chi connectivity index (χ1v) is 17.9. The molecule has 1 saturated heterocycles. The van der Waals surface area contributed by atoms with Gasteiger partial charge in [0.1, 0.15) is 6.61 Å². The number of rotatable bonds is 38. The molecule has 0 radical (unpaired) electrons. The summed E-state index contributed by atoms with van der Waals surface area (Å²) in [4.78, 5) is 11.7. The molecule has 0 aromatic rings. The van der Waals surface area contributed by atoms with Crippen LogP contribution in [-0.2, 0) is 61.6 Å². The Hall–Kier alpha value is -0.970. The van der Waals surface area contributed by atoms with Gasteiger partial charge < -0.3 is 56.8 Å². The molecule has 1 aliphatic rings. The summed E-state index contributed by atoms with van der Waals surface area (Å²) in [6, 6.07) is 0. The molecule has 1 rings (SSSR count). The van der Waals surface area contributed by atoms with Gasteiger partial charge in [0.2, 0.25) is 0 Å². The van der Waals surface area contributed by atoms with E-state index < -0.39 is 0 Å². The van der Waals surface area contributed by atoms with Gasteiger partial charge in [-0.25, -0.2) is 0 Å². The van der Waals surface area contributed by atoms with Gasteiger partial charge in [0, 0.05) is 13.0 Å². The predicted octanol–water partition coefficient (Wildman–Crippen LogP) is 3.97. The topological polar surface area (TPSA) is 128 Å². The molecule has 0 saturated carbocycles. The molecule has 47 heavy (non-hydrogen) atoms. The molecule has 0 aromatic carbocycles. The average Bonchev–Trinajstić information content (AvgIpc) is 3.09. The second-order valence-corrected chi connectivity index (χ2v) is 10.9. The lowest BCUT2D eigenvalue weighted by molar-refractivity contribution is -0.169. The van der Waals surface area contributed by atoms with Crippen LogP contribution in [-0.4, -0.2) is 151 Å². The Morgan fingerprint density at radius 3 is 1.28 bits per heavy atom. The summed E-state index contributed by atoms with van der Waals surface area (Å²) in [6.45, 7) is 12.8. The highest BCUT2D eigenvalue weighted by molar-refractivity contribution is 5.69. The molecule has 0 N–H and O–H groups in total. The van der Waals surface area contributed by atoms with Crippen LogP contribution in [0.3, 0.4) is 0 Å². The molecule has 13 heteroatoms. The van der Waals surface area contributed by atoms with Crippen LogP contribution in [0.15, 0.2) is 0 Å². The SMILES string of the molecule is CCCCCCCCC(=O)OCCOCCOCCOCCOCCOCCOCCOCCOCCOCCOC1CCCCO1.